The zero-order valence-corrected chi connectivity index (χ0v) is 15.2. The highest BCUT2D eigenvalue weighted by Crippen LogP contribution is 2.47. The summed E-state index contributed by atoms with van der Waals surface area (Å²) in [4.78, 5) is 14.3. The molecule has 0 bridgehead atoms. The third-order valence-corrected chi connectivity index (χ3v) is 4.88. The van der Waals surface area contributed by atoms with Gasteiger partial charge in [-0.05, 0) is 43.9 Å². The number of hydrogen-bond donors (Lipinski definition) is 2. The second kappa shape index (κ2) is 8.04. The van der Waals surface area contributed by atoms with Gasteiger partial charge in [-0.1, -0.05) is 30.3 Å². The van der Waals surface area contributed by atoms with Crippen molar-refractivity contribution in [3.05, 3.63) is 59.7 Å². The predicted molar refractivity (Wildman–Crippen MR) is 105 cm³/mol. The number of nitrogens with zero attached hydrogens (tertiary/aromatic N) is 2. The molecule has 136 valence electrons. The summed E-state index contributed by atoms with van der Waals surface area (Å²) in [6, 6.07) is 15.5. The lowest BCUT2D eigenvalue weighted by Gasteiger charge is -2.21. The Hall–Kier alpha value is -2.82. The third kappa shape index (κ3) is 4.04. The van der Waals surface area contributed by atoms with Gasteiger partial charge < -0.3 is 10.0 Å². The van der Waals surface area contributed by atoms with E-state index >= 15 is 0 Å². The molecule has 0 radical (unpaired) electrons. The van der Waals surface area contributed by atoms with Crippen molar-refractivity contribution >= 4 is 17.8 Å². The van der Waals surface area contributed by atoms with E-state index in [-0.39, 0.29) is 23.5 Å². The van der Waals surface area contributed by atoms with E-state index in [1.807, 2.05) is 30.3 Å². The van der Waals surface area contributed by atoms with Crippen LogP contribution in [0.3, 0.4) is 0 Å². The van der Waals surface area contributed by atoms with Crippen LogP contribution in [0, 0.1) is 5.92 Å². The predicted octanol–water partition coefficient (Wildman–Crippen LogP) is 3.49. The lowest BCUT2D eigenvalue weighted by molar-refractivity contribution is -0.122. The van der Waals surface area contributed by atoms with Crippen molar-refractivity contribution in [3.63, 3.8) is 0 Å². The fraction of sp³-hybridized carbons (Fsp3) is 0.333. The lowest BCUT2D eigenvalue weighted by atomic mass is 10.1. The van der Waals surface area contributed by atoms with Gasteiger partial charge >= 0.3 is 0 Å². The van der Waals surface area contributed by atoms with E-state index < -0.39 is 0 Å². The Morgan fingerprint density at radius 1 is 1.23 bits per heavy atom. The molecule has 1 saturated carbocycles. The fourth-order valence-electron chi connectivity index (χ4n) is 3.23. The third-order valence-electron chi connectivity index (χ3n) is 4.88. The molecule has 1 aliphatic rings. The number of phenolic OH excluding ortho intramolecular Hbond substituents is 1. The lowest BCUT2D eigenvalue weighted by Crippen LogP contribution is -2.21. The van der Waals surface area contributed by atoms with Crippen molar-refractivity contribution in [2.45, 2.75) is 26.2 Å². The maximum absolute atomic E-state index is 12.2. The second-order valence-corrected chi connectivity index (χ2v) is 6.51. The second-order valence-electron chi connectivity index (χ2n) is 6.51. The molecule has 2 N–H and O–H groups in total. The molecular formula is C21H25N3O2. The van der Waals surface area contributed by atoms with E-state index in [9.17, 15) is 9.90 Å². The first-order valence-corrected chi connectivity index (χ1v) is 9.09. The molecule has 5 nitrogen and oxygen atoms in total. The SMILES string of the molecule is CCN(CC)c1ccc(/C=N/NC(=O)C2CC2c2ccccc2)c(O)c1. The molecular weight excluding hydrogens is 326 g/mol. The van der Waals surface area contributed by atoms with E-state index in [2.05, 4.69) is 41.4 Å². The molecule has 0 aliphatic heterocycles. The van der Waals surface area contributed by atoms with Crippen LogP contribution in [0.2, 0.25) is 0 Å². The molecule has 1 aliphatic carbocycles. The normalized spacial score (nSPS) is 18.7. The highest BCUT2D eigenvalue weighted by Gasteiger charge is 2.43. The Morgan fingerprint density at radius 2 is 1.96 bits per heavy atom. The quantitative estimate of drug-likeness (QED) is 0.593. The van der Waals surface area contributed by atoms with Crippen LogP contribution < -0.4 is 10.3 Å². The number of amides is 1. The smallest absolute Gasteiger partial charge is 0.243 e. The molecule has 1 amide bonds. The van der Waals surface area contributed by atoms with Gasteiger partial charge in [-0.2, -0.15) is 5.10 Å². The number of aromatic hydroxyl groups is 1. The highest BCUT2D eigenvalue weighted by atomic mass is 16.3. The minimum Gasteiger partial charge on any atom is -0.507 e. The maximum Gasteiger partial charge on any atom is 0.243 e. The summed E-state index contributed by atoms with van der Waals surface area (Å²) < 4.78 is 0. The van der Waals surface area contributed by atoms with E-state index in [4.69, 9.17) is 0 Å². The standard InChI is InChI=1S/C21H25N3O2/c1-3-24(4-2)17-11-10-16(20(25)12-17)14-22-23-21(26)19-13-18(19)15-8-6-5-7-9-15/h5-12,14,18-19,25H,3-4,13H2,1-2H3,(H,23,26)/b22-14+. The van der Waals surface area contributed by atoms with Crippen molar-refractivity contribution < 1.29 is 9.90 Å². The fourth-order valence-corrected chi connectivity index (χ4v) is 3.23. The number of phenols is 1. The molecule has 0 heterocycles. The van der Waals surface area contributed by atoms with Gasteiger partial charge in [0.15, 0.2) is 0 Å². The average Bonchev–Trinajstić information content (AvgIpc) is 3.46. The van der Waals surface area contributed by atoms with E-state index in [1.165, 1.54) is 11.8 Å². The first-order chi connectivity index (χ1) is 12.6. The van der Waals surface area contributed by atoms with E-state index in [0.29, 0.717) is 5.56 Å². The Balaban J connectivity index is 1.56. The molecule has 1 fully saturated rings. The van der Waals surface area contributed by atoms with Gasteiger partial charge in [0, 0.05) is 36.3 Å². The van der Waals surface area contributed by atoms with Gasteiger partial charge in [-0.15, -0.1) is 0 Å². The molecule has 2 aromatic carbocycles. The van der Waals surface area contributed by atoms with Crippen molar-refractivity contribution in [1.82, 2.24) is 5.43 Å². The van der Waals surface area contributed by atoms with Crippen LogP contribution in [0.4, 0.5) is 5.69 Å². The molecule has 0 saturated heterocycles. The first kappa shape index (κ1) is 18.0. The summed E-state index contributed by atoms with van der Waals surface area (Å²) in [5.41, 5.74) is 5.33. The zero-order valence-electron chi connectivity index (χ0n) is 15.2. The number of hydrogen-bond acceptors (Lipinski definition) is 4. The molecule has 2 atom stereocenters. The number of hydrazone groups is 1. The van der Waals surface area contributed by atoms with Gasteiger partial charge in [0.05, 0.1) is 6.21 Å². The van der Waals surface area contributed by atoms with Crippen molar-refractivity contribution in [2.24, 2.45) is 11.0 Å². The number of nitrogens with one attached hydrogen (secondary N) is 1. The van der Waals surface area contributed by atoms with Crippen molar-refractivity contribution in [3.8, 4) is 5.75 Å². The molecule has 0 spiro atoms. The summed E-state index contributed by atoms with van der Waals surface area (Å²) in [5.74, 6) is 0.344. The Kier molecular flexibility index (Phi) is 5.56. The summed E-state index contributed by atoms with van der Waals surface area (Å²) in [6.07, 6.45) is 2.34. The molecule has 0 aromatic heterocycles. The molecule has 5 heteroatoms. The van der Waals surface area contributed by atoms with Gasteiger partial charge in [-0.3, -0.25) is 4.79 Å². The maximum atomic E-state index is 12.2. The zero-order chi connectivity index (χ0) is 18.5. The number of anilines is 1. The number of carbonyl (C=O) groups is 1. The number of carbonyl (C=O) groups excluding carboxylic acids is 1. The largest absolute Gasteiger partial charge is 0.507 e. The summed E-state index contributed by atoms with van der Waals surface area (Å²) in [7, 11) is 0. The van der Waals surface area contributed by atoms with Crippen LogP contribution in [-0.2, 0) is 4.79 Å². The molecule has 26 heavy (non-hydrogen) atoms. The van der Waals surface area contributed by atoms with E-state index in [1.54, 1.807) is 6.07 Å². The number of rotatable bonds is 7. The van der Waals surface area contributed by atoms with Gasteiger partial charge in [0.2, 0.25) is 5.91 Å². The summed E-state index contributed by atoms with van der Waals surface area (Å²) in [6.45, 7) is 5.91. The Morgan fingerprint density at radius 3 is 2.62 bits per heavy atom. The summed E-state index contributed by atoms with van der Waals surface area (Å²) in [5, 5.41) is 14.2. The number of benzene rings is 2. The Bertz CT molecular complexity index is 785. The highest BCUT2D eigenvalue weighted by molar-refractivity contribution is 5.87. The Labute approximate surface area is 154 Å². The van der Waals surface area contributed by atoms with Crippen LogP contribution in [0.15, 0.2) is 53.6 Å². The van der Waals surface area contributed by atoms with Crippen molar-refractivity contribution in [2.75, 3.05) is 18.0 Å². The molecule has 2 aromatic rings. The summed E-state index contributed by atoms with van der Waals surface area (Å²) >= 11 is 0. The van der Waals surface area contributed by atoms with Gasteiger partial charge in [0.1, 0.15) is 5.75 Å². The molecule has 3 rings (SSSR count). The van der Waals surface area contributed by atoms with Crippen LogP contribution in [0.25, 0.3) is 0 Å². The van der Waals surface area contributed by atoms with Crippen LogP contribution in [0.5, 0.6) is 5.75 Å². The average molecular weight is 351 g/mol. The first-order valence-electron chi connectivity index (χ1n) is 9.09. The van der Waals surface area contributed by atoms with Crippen LogP contribution >= 0.6 is 0 Å². The van der Waals surface area contributed by atoms with Gasteiger partial charge in [0.25, 0.3) is 0 Å². The van der Waals surface area contributed by atoms with Gasteiger partial charge in [-0.25, -0.2) is 5.43 Å². The monoisotopic (exact) mass is 351 g/mol. The van der Waals surface area contributed by atoms with E-state index in [0.717, 1.165) is 25.2 Å². The topological polar surface area (TPSA) is 64.9 Å². The minimum atomic E-state index is -0.0747. The van der Waals surface area contributed by atoms with Crippen LogP contribution in [-0.4, -0.2) is 30.3 Å². The molecule has 2 unspecified atom stereocenters. The van der Waals surface area contributed by atoms with Crippen molar-refractivity contribution in [1.29, 1.82) is 0 Å². The minimum absolute atomic E-state index is 0.0202. The van der Waals surface area contributed by atoms with Crippen LogP contribution in [0.1, 0.15) is 37.3 Å².